The molecule has 0 radical (unpaired) electrons. The first-order chi connectivity index (χ1) is 8.06. The van der Waals surface area contributed by atoms with Crippen LogP contribution in [0, 0.1) is 0 Å². The van der Waals surface area contributed by atoms with E-state index in [9.17, 15) is 9.59 Å². The molecule has 0 rings (SSSR count). The third kappa shape index (κ3) is 11.3. The molecule has 17 heavy (non-hydrogen) atoms. The van der Waals surface area contributed by atoms with Crippen LogP contribution in [0.15, 0.2) is 12.7 Å². The zero-order valence-corrected chi connectivity index (χ0v) is 11.1. The molecule has 0 amide bonds. The fourth-order valence-electron chi connectivity index (χ4n) is 0.854. The molecule has 98 valence electrons. The predicted molar refractivity (Wildman–Crippen MR) is 67.0 cm³/mol. The largest absolute Gasteiger partial charge is 0.460 e. The molecule has 0 aromatic carbocycles. The van der Waals surface area contributed by atoms with E-state index < -0.39 is 5.97 Å². The Morgan fingerprint density at radius 2 is 1.71 bits per heavy atom. The van der Waals surface area contributed by atoms with Gasteiger partial charge in [-0.2, -0.15) is 0 Å². The number of hydrogen-bond acceptors (Lipinski definition) is 5. The second-order valence-electron chi connectivity index (χ2n) is 3.33. The molecule has 0 saturated heterocycles. The van der Waals surface area contributed by atoms with E-state index in [1.165, 1.54) is 0 Å². The maximum absolute atomic E-state index is 11.1. The molecule has 0 saturated carbocycles. The third-order valence-electron chi connectivity index (χ3n) is 1.54. The molecule has 0 aromatic rings. The fourth-order valence-corrected chi connectivity index (χ4v) is 1.41. The standard InChI is InChI=1S/C11H19O5S/c1-4-10(12)15-7-5-14-6-8-16-11(13)9-17(2)3/h4H,1,5-9H2,2-3H3/q+1. The summed E-state index contributed by atoms with van der Waals surface area (Å²) in [5, 5.41) is 0. The molecule has 0 atom stereocenters. The molecule has 0 heterocycles. The number of carbonyl (C=O) groups is 2. The maximum Gasteiger partial charge on any atom is 0.356 e. The van der Waals surface area contributed by atoms with Gasteiger partial charge in [-0.15, -0.1) is 0 Å². The highest BCUT2D eigenvalue weighted by atomic mass is 32.2. The summed E-state index contributed by atoms with van der Waals surface area (Å²) in [6, 6.07) is 0. The van der Waals surface area contributed by atoms with Gasteiger partial charge in [0.25, 0.3) is 0 Å². The van der Waals surface area contributed by atoms with Crippen LogP contribution in [0.2, 0.25) is 0 Å². The van der Waals surface area contributed by atoms with Crippen LogP contribution in [0.1, 0.15) is 0 Å². The van der Waals surface area contributed by atoms with Crippen LogP contribution in [0.4, 0.5) is 0 Å². The van der Waals surface area contributed by atoms with Gasteiger partial charge in [-0.1, -0.05) is 6.58 Å². The van der Waals surface area contributed by atoms with E-state index >= 15 is 0 Å². The van der Waals surface area contributed by atoms with Crippen molar-refractivity contribution < 1.29 is 23.8 Å². The van der Waals surface area contributed by atoms with E-state index in [1.54, 1.807) is 0 Å². The molecule has 0 aliphatic rings. The smallest absolute Gasteiger partial charge is 0.356 e. The van der Waals surface area contributed by atoms with Crippen molar-refractivity contribution in [1.29, 1.82) is 0 Å². The maximum atomic E-state index is 11.1. The quantitative estimate of drug-likeness (QED) is 0.256. The highest BCUT2D eigenvalue weighted by Crippen LogP contribution is 1.88. The molecule has 0 aromatic heterocycles. The van der Waals surface area contributed by atoms with Crippen molar-refractivity contribution >= 4 is 22.8 Å². The van der Waals surface area contributed by atoms with Gasteiger partial charge in [0.05, 0.1) is 25.7 Å². The van der Waals surface area contributed by atoms with Gasteiger partial charge < -0.3 is 14.2 Å². The lowest BCUT2D eigenvalue weighted by Gasteiger charge is -2.05. The Labute approximate surface area is 104 Å². The van der Waals surface area contributed by atoms with Gasteiger partial charge >= 0.3 is 11.9 Å². The molecule has 0 fully saturated rings. The lowest BCUT2D eigenvalue weighted by Crippen LogP contribution is -2.19. The van der Waals surface area contributed by atoms with Crippen molar-refractivity contribution in [1.82, 2.24) is 0 Å². The van der Waals surface area contributed by atoms with Crippen molar-refractivity contribution in [2.24, 2.45) is 0 Å². The highest BCUT2D eigenvalue weighted by molar-refractivity contribution is 7.96. The Morgan fingerprint density at radius 1 is 1.12 bits per heavy atom. The van der Waals surface area contributed by atoms with Crippen LogP contribution >= 0.6 is 0 Å². The van der Waals surface area contributed by atoms with Crippen LogP contribution in [-0.4, -0.2) is 56.6 Å². The summed E-state index contributed by atoms with van der Waals surface area (Å²) in [5.74, 6) is -0.241. The minimum Gasteiger partial charge on any atom is -0.460 e. The van der Waals surface area contributed by atoms with Crippen molar-refractivity contribution in [3.8, 4) is 0 Å². The van der Waals surface area contributed by atoms with Gasteiger partial charge in [0, 0.05) is 6.08 Å². The summed E-state index contributed by atoms with van der Waals surface area (Å²) in [5.41, 5.74) is 0. The Hall–Kier alpha value is -1.01. The second-order valence-corrected chi connectivity index (χ2v) is 5.59. The summed E-state index contributed by atoms with van der Waals surface area (Å²) in [4.78, 5) is 21.7. The molecule has 0 bridgehead atoms. The van der Waals surface area contributed by atoms with Crippen molar-refractivity contribution in [3.05, 3.63) is 12.7 Å². The number of ether oxygens (including phenoxy) is 3. The van der Waals surface area contributed by atoms with E-state index in [4.69, 9.17) is 9.47 Å². The summed E-state index contributed by atoms with van der Waals surface area (Å²) in [6.07, 6.45) is 5.05. The first-order valence-electron chi connectivity index (χ1n) is 5.13. The highest BCUT2D eigenvalue weighted by Gasteiger charge is 2.12. The molecular formula is C11H19O5S+. The molecule has 0 aliphatic heterocycles. The van der Waals surface area contributed by atoms with Crippen molar-refractivity contribution in [3.63, 3.8) is 0 Å². The van der Waals surface area contributed by atoms with E-state index in [0.29, 0.717) is 12.4 Å². The fraction of sp³-hybridized carbons (Fsp3) is 0.636. The lowest BCUT2D eigenvalue weighted by molar-refractivity contribution is -0.142. The second kappa shape index (κ2) is 10.2. The van der Waals surface area contributed by atoms with Gasteiger partial charge in [0.1, 0.15) is 13.2 Å². The van der Waals surface area contributed by atoms with E-state index in [2.05, 4.69) is 11.3 Å². The minimum atomic E-state index is -0.474. The Balaban J connectivity index is 3.26. The van der Waals surface area contributed by atoms with Gasteiger partial charge in [0.2, 0.25) is 5.75 Å². The van der Waals surface area contributed by atoms with Gasteiger partial charge in [0.15, 0.2) is 0 Å². The van der Waals surface area contributed by atoms with E-state index in [-0.39, 0.29) is 36.7 Å². The molecule has 6 heteroatoms. The van der Waals surface area contributed by atoms with E-state index in [0.717, 1.165) is 6.08 Å². The van der Waals surface area contributed by atoms with Crippen LogP contribution < -0.4 is 0 Å². The molecule has 0 aliphatic carbocycles. The lowest BCUT2D eigenvalue weighted by atomic mass is 10.6. The average molecular weight is 263 g/mol. The SMILES string of the molecule is C=CC(=O)OCCOCCOC(=O)C[S+](C)C. The molecule has 0 N–H and O–H groups in total. The van der Waals surface area contributed by atoms with Crippen molar-refractivity contribution in [2.45, 2.75) is 0 Å². The van der Waals surface area contributed by atoms with Gasteiger partial charge in [-0.05, 0) is 10.9 Å². The molecule has 0 spiro atoms. The van der Waals surface area contributed by atoms with Crippen LogP contribution in [0.3, 0.4) is 0 Å². The molecular weight excluding hydrogens is 244 g/mol. The van der Waals surface area contributed by atoms with Crippen molar-refractivity contribution in [2.75, 3.05) is 44.7 Å². The van der Waals surface area contributed by atoms with Crippen LogP contribution in [0.5, 0.6) is 0 Å². The first-order valence-corrected chi connectivity index (χ1v) is 7.34. The van der Waals surface area contributed by atoms with Crippen LogP contribution in [0.25, 0.3) is 0 Å². The number of carbonyl (C=O) groups excluding carboxylic acids is 2. The normalized spacial score (nSPS) is 10.1. The zero-order valence-electron chi connectivity index (χ0n) is 10.3. The Kier molecular flexibility index (Phi) is 9.56. The van der Waals surface area contributed by atoms with Gasteiger partial charge in [-0.25, -0.2) is 9.59 Å². The number of hydrogen-bond donors (Lipinski definition) is 0. The zero-order chi connectivity index (χ0) is 13.1. The first kappa shape index (κ1) is 16.0. The predicted octanol–water partition coefficient (Wildman–Crippen LogP) is 0.153. The van der Waals surface area contributed by atoms with Crippen LogP contribution in [-0.2, 0) is 34.7 Å². The Bertz CT molecular complexity index is 252. The van der Waals surface area contributed by atoms with E-state index in [1.807, 2.05) is 12.5 Å². The molecule has 5 nitrogen and oxygen atoms in total. The number of rotatable bonds is 9. The summed E-state index contributed by atoms with van der Waals surface area (Å²) < 4.78 is 14.7. The monoisotopic (exact) mass is 263 g/mol. The summed E-state index contributed by atoms with van der Waals surface area (Å²) >= 11 is 0. The molecule has 0 unspecified atom stereocenters. The number of esters is 2. The summed E-state index contributed by atoms with van der Waals surface area (Å²) in [6.45, 7) is 4.25. The average Bonchev–Trinajstić information content (AvgIpc) is 2.26. The van der Waals surface area contributed by atoms with Gasteiger partial charge in [-0.3, -0.25) is 0 Å². The minimum absolute atomic E-state index is 0.0555. The topological polar surface area (TPSA) is 61.8 Å². The summed E-state index contributed by atoms with van der Waals surface area (Å²) in [7, 11) is 0.0555. The third-order valence-corrected chi connectivity index (χ3v) is 2.35. The Morgan fingerprint density at radius 3 is 2.24 bits per heavy atom.